The molecular formula is C11H14N4O. The largest absolute Gasteiger partial charge is 0.344 e. The average molecular weight is 218 g/mol. The molecule has 1 amide bonds. The summed E-state index contributed by atoms with van der Waals surface area (Å²) in [4.78, 5) is 21.5. The Hall–Kier alpha value is -1.91. The quantitative estimate of drug-likeness (QED) is 0.769. The minimum absolute atomic E-state index is 0.0820. The molecule has 0 radical (unpaired) electrons. The van der Waals surface area contributed by atoms with Crippen LogP contribution in [0, 0.1) is 0 Å². The number of rotatable bonds is 3. The van der Waals surface area contributed by atoms with Gasteiger partial charge >= 0.3 is 0 Å². The molecule has 0 aromatic carbocycles. The van der Waals surface area contributed by atoms with Crippen molar-refractivity contribution in [2.24, 2.45) is 0 Å². The monoisotopic (exact) mass is 218 g/mol. The van der Waals surface area contributed by atoms with Crippen molar-refractivity contribution in [1.82, 2.24) is 19.4 Å². The van der Waals surface area contributed by atoms with Crippen LogP contribution in [0.25, 0.3) is 11.0 Å². The minimum Gasteiger partial charge on any atom is -0.344 e. The number of nitrogens with zero attached hydrogens (tertiary/aromatic N) is 4. The molecule has 16 heavy (non-hydrogen) atoms. The summed E-state index contributed by atoms with van der Waals surface area (Å²) in [5, 5.41) is 0.953. The van der Waals surface area contributed by atoms with Crippen LogP contribution in [0.1, 0.15) is 6.92 Å². The molecule has 2 rings (SSSR count). The highest BCUT2D eigenvalue weighted by Gasteiger charge is 2.09. The first-order valence-corrected chi connectivity index (χ1v) is 5.21. The third-order valence-corrected chi connectivity index (χ3v) is 2.63. The van der Waals surface area contributed by atoms with Crippen molar-refractivity contribution in [2.75, 3.05) is 13.6 Å². The highest BCUT2D eigenvalue weighted by atomic mass is 16.2. The van der Waals surface area contributed by atoms with Gasteiger partial charge in [-0.15, -0.1) is 0 Å². The maximum atomic E-state index is 11.7. The summed E-state index contributed by atoms with van der Waals surface area (Å²) in [5.74, 6) is 0.0820. The van der Waals surface area contributed by atoms with Crippen LogP contribution in [-0.2, 0) is 11.3 Å². The molecule has 0 fully saturated rings. The highest BCUT2D eigenvalue weighted by molar-refractivity contribution is 5.80. The SMILES string of the molecule is CCN(C)C(=O)Cn1ccc2cncnc21. The molecular weight excluding hydrogens is 204 g/mol. The van der Waals surface area contributed by atoms with E-state index in [0.717, 1.165) is 11.0 Å². The molecule has 0 spiro atoms. The first kappa shape index (κ1) is 10.6. The van der Waals surface area contributed by atoms with Crippen LogP contribution in [0.15, 0.2) is 24.8 Å². The van der Waals surface area contributed by atoms with Crippen molar-refractivity contribution in [2.45, 2.75) is 13.5 Å². The van der Waals surface area contributed by atoms with E-state index in [4.69, 9.17) is 0 Å². The second-order valence-electron chi connectivity index (χ2n) is 3.65. The zero-order chi connectivity index (χ0) is 11.5. The Morgan fingerprint density at radius 2 is 2.38 bits per heavy atom. The fourth-order valence-electron chi connectivity index (χ4n) is 1.50. The van der Waals surface area contributed by atoms with Gasteiger partial charge < -0.3 is 9.47 Å². The first-order chi connectivity index (χ1) is 7.72. The van der Waals surface area contributed by atoms with E-state index in [-0.39, 0.29) is 5.91 Å². The van der Waals surface area contributed by atoms with E-state index >= 15 is 0 Å². The third-order valence-electron chi connectivity index (χ3n) is 2.63. The van der Waals surface area contributed by atoms with Gasteiger partial charge in [0.15, 0.2) is 0 Å². The molecule has 0 saturated heterocycles. The maximum Gasteiger partial charge on any atom is 0.242 e. The Morgan fingerprint density at radius 3 is 3.12 bits per heavy atom. The molecule has 0 bridgehead atoms. The Kier molecular flexibility index (Phi) is 2.85. The lowest BCUT2D eigenvalue weighted by Gasteiger charge is -2.14. The van der Waals surface area contributed by atoms with Crippen molar-refractivity contribution in [1.29, 1.82) is 0 Å². The normalized spacial score (nSPS) is 10.6. The number of amides is 1. The molecule has 0 aliphatic carbocycles. The van der Waals surface area contributed by atoms with Crippen molar-refractivity contribution in [3.8, 4) is 0 Å². The smallest absolute Gasteiger partial charge is 0.242 e. The Morgan fingerprint density at radius 1 is 1.56 bits per heavy atom. The van der Waals surface area contributed by atoms with E-state index in [1.54, 1.807) is 18.1 Å². The summed E-state index contributed by atoms with van der Waals surface area (Å²) < 4.78 is 1.84. The van der Waals surface area contributed by atoms with Gasteiger partial charge in [-0.1, -0.05) is 0 Å². The summed E-state index contributed by atoms with van der Waals surface area (Å²) in [6, 6.07) is 1.91. The lowest BCUT2D eigenvalue weighted by atomic mass is 10.4. The standard InChI is InChI=1S/C11H14N4O/c1-3-14(2)10(16)7-15-5-4-9-6-12-8-13-11(9)15/h4-6,8H,3,7H2,1-2H3. The Balaban J connectivity index is 2.25. The second-order valence-corrected chi connectivity index (χ2v) is 3.65. The lowest BCUT2D eigenvalue weighted by Crippen LogP contribution is -2.29. The van der Waals surface area contributed by atoms with E-state index in [1.165, 1.54) is 6.33 Å². The van der Waals surface area contributed by atoms with E-state index in [0.29, 0.717) is 13.1 Å². The van der Waals surface area contributed by atoms with Crippen LogP contribution >= 0.6 is 0 Å². The zero-order valence-electron chi connectivity index (χ0n) is 9.42. The second kappa shape index (κ2) is 4.30. The Bertz CT molecular complexity index is 505. The molecule has 0 aliphatic rings. The molecule has 84 valence electrons. The lowest BCUT2D eigenvalue weighted by molar-refractivity contribution is -0.130. The predicted molar refractivity (Wildman–Crippen MR) is 60.8 cm³/mol. The van der Waals surface area contributed by atoms with Crippen LogP contribution in [0.5, 0.6) is 0 Å². The van der Waals surface area contributed by atoms with Crippen molar-refractivity contribution in [3.63, 3.8) is 0 Å². The summed E-state index contributed by atoms with van der Waals surface area (Å²) in [6.07, 6.45) is 5.10. The van der Waals surface area contributed by atoms with Crippen LogP contribution < -0.4 is 0 Å². The van der Waals surface area contributed by atoms with Gasteiger partial charge in [0.2, 0.25) is 5.91 Å². The molecule has 0 aliphatic heterocycles. The topological polar surface area (TPSA) is 51.0 Å². The molecule has 0 N–H and O–H groups in total. The highest BCUT2D eigenvalue weighted by Crippen LogP contribution is 2.10. The summed E-state index contributed by atoms with van der Waals surface area (Å²) >= 11 is 0. The Labute approximate surface area is 93.7 Å². The predicted octanol–water partition coefficient (Wildman–Crippen LogP) is 0.910. The van der Waals surface area contributed by atoms with Crippen LogP contribution in [0.2, 0.25) is 0 Å². The van der Waals surface area contributed by atoms with E-state index in [9.17, 15) is 4.79 Å². The average Bonchev–Trinajstić information content (AvgIpc) is 2.72. The molecule has 0 unspecified atom stereocenters. The maximum absolute atomic E-state index is 11.7. The summed E-state index contributed by atoms with van der Waals surface area (Å²) in [5.41, 5.74) is 0.799. The van der Waals surface area contributed by atoms with Crippen LogP contribution in [0.3, 0.4) is 0 Å². The number of likely N-dealkylation sites (N-methyl/N-ethyl adjacent to an activating group) is 1. The van der Waals surface area contributed by atoms with E-state index < -0.39 is 0 Å². The molecule has 2 aromatic rings. The number of carbonyl (C=O) groups excluding carboxylic acids is 1. The van der Waals surface area contributed by atoms with Gasteiger partial charge in [-0.25, -0.2) is 9.97 Å². The number of hydrogen-bond donors (Lipinski definition) is 0. The van der Waals surface area contributed by atoms with Gasteiger partial charge in [-0.05, 0) is 13.0 Å². The molecule has 0 saturated carbocycles. The fourth-order valence-corrected chi connectivity index (χ4v) is 1.50. The molecule has 5 nitrogen and oxygen atoms in total. The van der Waals surface area contributed by atoms with Gasteiger partial charge in [0.1, 0.15) is 18.5 Å². The van der Waals surface area contributed by atoms with E-state index in [1.807, 2.05) is 23.8 Å². The van der Waals surface area contributed by atoms with Crippen molar-refractivity contribution in [3.05, 3.63) is 24.8 Å². The van der Waals surface area contributed by atoms with Gasteiger partial charge in [-0.2, -0.15) is 0 Å². The fraction of sp³-hybridized carbons (Fsp3) is 0.364. The third kappa shape index (κ3) is 1.88. The number of fused-ring (bicyclic) bond motifs is 1. The van der Waals surface area contributed by atoms with Crippen LogP contribution in [0.4, 0.5) is 0 Å². The van der Waals surface area contributed by atoms with Crippen molar-refractivity contribution >= 4 is 16.9 Å². The van der Waals surface area contributed by atoms with Gasteiger partial charge in [0.25, 0.3) is 0 Å². The summed E-state index contributed by atoms with van der Waals surface area (Å²) in [7, 11) is 1.79. The first-order valence-electron chi connectivity index (χ1n) is 5.21. The molecule has 2 heterocycles. The zero-order valence-corrected chi connectivity index (χ0v) is 9.42. The van der Waals surface area contributed by atoms with Gasteiger partial charge in [0.05, 0.1) is 0 Å². The number of hydrogen-bond acceptors (Lipinski definition) is 3. The molecule has 0 atom stereocenters. The number of aromatic nitrogens is 3. The van der Waals surface area contributed by atoms with Gasteiger partial charge in [-0.3, -0.25) is 4.79 Å². The van der Waals surface area contributed by atoms with Crippen LogP contribution in [-0.4, -0.2) is 38.9 Å². The number of carbonyl (C=O) groups is 1. The van der Waals surface area contributed by atoms with E-state index in [2.05, 4.69) is 9.97 Å². The van der Waals surface area contributed by atoms with Gasteiger partial charge in [0, 0.05) is 31.4 Å². The minimum atomic E-state index is 0.0820. The summed E-state index contributed by atoms with van der Waals surface area (Å²) in [6.45, 7) is 2.99. The van der Waals surface area contributed by atoms with Crippen molar-refractivity contribution < 1.29 is 4.79 Å². The molecule has 2 aromatic heterocycles. The molecule has 5 heteroatoms.